The average molecular weight is 349 g/mol. The molecule has 0 unspecified atom stereocenters. The van der Waals surface area contributed by atoms with Crippen LogP contribution in [0.1, 0.15) is 24.2 Å². The Bertz CT molecular complexity index is 629. The molecule has 5 heteroatoms. The Morgan fingerprint density at radius 1 is 1.33 bits per heavy atom. The van der Waals surface area contributed by atoms with Gasteiger partial charge in [0.15, 0.2) is 0 Å². The topological polar surface area (TPSA) is 51.2 Å². The zero-order valence-electron chi connectivity index (χ0n) is 12.0. The van der Waals surface area contributed by atoms with E-state index in [1.165, 1.54) is 6.20 Å². The maximum Gasteiger partial charge on any atom is 0.257 e. The largest absolute Gasteiger partial charge is 0.493 e. The van der Waals surface area contributed by atoms with Gasteiger partial charge in [-0.05, 0) is 40.0 Å². The third-order valence-electron chi connectivity index (χ3n) is 2.64. The Labute approximate surface area is 132 Å². The number of ether oxygens (including phenoxy) is 1. The fraction of sp³-hybridized carbons (Fsp3) is 0.250. The van der Waals surface area contributed by atoms with Crippen LogP contribution in [0.2, 0.25) is 0 Å². The Balaban J connectivity index is 2.05. The van der Waals surface area contributed by atoms with Crippen LogP contribution in [0.15, 0.2) is 47.2 Å². The smallest absolute Gasteiger partial charge is 0.257 e. The van der Waals surface area contributed by atoms with Gasteiger partial charge in [-0.25, -0.2) is 0 Å². The zero-order chi connectivity index (χ0) is 15.2. The van der Waals surface area contributed by atoms with E-state index in [0.717, 1.165) is 10.2 Å². The minimum absolute atomic E-state index is 0.204. The van der Waals surface area contributed by atoms with Crippen LogP contribution in [0, 0.1) is 5.92 Å². The number of halogens is 1. The van der Waals surface area contributed by atoms with Crippen molar-refractivity contribution in [3.05, 3.63) is 52.8 Å². The molecule has 0 aliphatic rings. The molecule has 0 atom stereocenters. The second kappa shape index (κ2) is 7.22. The third kappa shape index (κ3) is 4.86. The van der Waals surface area contributed by atoms with Crippen LogP contribution >= 0.6 is 15.9 Å². The van der Waals surface area contributed by atoms with Gasteiger partial charge in [-0.1, -0.05) is 19.9 Å². The van der Waals surface area contributed by atoms with Gasteiger partial charge in [0.2, 0.25) is 0 Å². The molecule has 1 aromatic heterocycles. The highest BCUT2D eigenvalue weighted by atomic mass is 79.9. The van der Waals surface area contributed by atoms with Crippen molar-refractivity contribution < 1.29 is 9.53 Å². The van der Waals surface area contributed by atoms with Gasteiger partial charge < -0.3 is 10.1 Å². The quantitative estimate of drug-likeness (QED) is 0.883. The summed E-state index contributed by atoms with van der Waals surface area (Å²) >= 11 is 3.30. The summed E-state index contributed by atoms with van der Waals surface area (Å²) in [6.45, 7) is 4.82. The molecular weight excluding hydrogens is 332 g/mol. The molecule has 21 heavy (non-hydrogen) atoms. The van der Waals surface area contributed by atoms with Crippen molar-refractivity contribution in [1.82, 2.24) is 4.98 Å². The number of nitrogens with zero attached hydrogens (tertiary/aromatic N) is 1. The van der Waals surface area contributed by atoms with Gasteiger partial charge in [-0.2, -0.15) is 0 Å². The first-order valence-corrected chi connectivity index (χ1v) is 7.48. The van der Waals surface area contributed by atoms with E-state index in [-0.39, 0.29) is 5.91 Å². The van der Waals surface area contributed by atoms with E-state index in [0.29, 0.717) is 23.8 Å². The Morgan fingerprint density at radius 3 is 2.86 bits per heavy atom. The molecule has 1 N–H and O–H groups in total. The molecule has 4 nitrogen and oxygen atoms in total. The number of amides is 1. The normalized spacial score (nSPS) is 10.5. The zero-order valence-corrected chi connectivity index (χ0v) is 13.6. The van der Waals surface area contributed by atoms with Gasteiger partial charge in [0.25, 0.3) is 5.91 Å². The van der Waals surface area contributed by atoms with Gasteiger partial charge >= 0.3 is 0 Å². The van der Waals surface area contributed by atoms with E-state index in [4.69, 9.17) is 4.74 Å². The number of carbonyl (C=O) groups excluding carboxylic acids is 1. The molecule has 0 aliphatic carbocycles. The first kappa shape index (κ1) is 15.5. The predicted molar refractivity (Wildman–Crippen MR) is 86.7 cm³/mol. The van der Waals surface area contributed by atoms with E-state index in [1.807, 2.05) is 24.3 Å². The summed E-state index contributed by atoms with van der Waals surface area (Å²) in [5, 5.41) is 2.83. The highest BCUT2D eigenvalue weighted by Crippen LogP contribution is 2.19. The average Bonchev–Trinajstić information content (AvgIpc) is 2.45. The lowest BCUT2D eigenvalue weighted by Crippen LogP contribution is -2.12. The van der Waals surface area contributed by atoms with Crippen molar-refractivity contribution >= 4 is 27.5 Å². The molecule has 0 saturated carbocycles. The molecule has 2 aromatic rings. The minimum Gasteiger partial charge on any atom is -0.493 e. The lowest BCUT2D eigenvalue weighted by molar-refractivity contribution is 0.102. The predicted octanol–water partition coefficient (Wildman–Crippen LogP) is 4.13. The Morgan fingerprint density at radius 2 is 2.14 bits per heavy atom. The number of rotatable bonds is 5. The van der Waals surface area contributed by atoms with Crippen LogP contribution in [0.3, 0.4) is 0 Å². The summed E-state index contributed by atoms with van der Waals surface area (Å²) in [7, 11) is 0. The highest BCUT2D eigenvalue weighted by molar-refractivity contribution is 9.10. The number of benzene rings is 1. The number of anilines is 1. The minimum atomic E-state index is -0.204. The van der Waals surface area contributed by atoms with Gasteiger partial charge in [0.05, 0.1) is 12.2 Å². The molecule has 0 saturated heterocycles. The van der Waals surface area contributed by atoms with Gasteiger partial charge in [0, 0.05) is 28.6 Å². The fourth-order valence-corrected chi connectivity index (χ4v) is 2.03. The summed E-state index contributed by atoms with van der Waals surface area (Å²) in [6.07, 6.45) is 3.16. The van der Waals surface area contributed by atoms with Crippen LogP contribution in [-0.2, 0) is 0 Å². The Hall–Kier alpha value is -1.88. The van der Waals surface area contributed by atoms with Crippen molar-refractivity contribution in [3.63, 3.8) is 0 Å². The lowest BCUT2D eigenvalue weighted by atomic mass is 10.2. The van der Waals surface area contributed by atoms with Gasteiger partial charge in [0.1, 0.15) is 5.75 Å². The molecule has 1 amide bonds. The van der Waals surface area contributed by atoms with Crippen LogP contribution < -0.4 is 10.1 Å². The van der Waals surface area contributed by atoms with E-state index >= 15 is 0 Å². The van der Waals surface area contributed by atoms with Crippen molar-refractivity contribution in [3.8, 4) is 5.75 Å². The lowest BCUT2D eigenvalue weighted by Gasteiger charge is -2.10. The summed E-state index contributed by atoms with van der Waals surface area (Å²) in [5.74, 6) is 0.995. The molecule has 1 heterocycles. The summed E-state index contributed by atoms with van der Waals surface area (Å²) in [5.41, 5.74) is 1.19. The van der Waals surface area contributed by atoms with Crippen molar-refractivity contribution in [2.45, 2.75) is 13.8 Å². The van der Waals surface area contributed by atoms with Crippen molar-refractivity contribution in [2.24, 2.45) is 5.92 Å². The molecule has 1 aromatic carbocycles. The summed E-state index contributed by atoms with van der Waals surface area (Å²) in [4.78, 5) is 16.1. The van der Waals surface area contributed by atoms with Crippen LogP contribution in [0.5, 0.6) is 5.75 Å². The SMILES string of the molecule is CC(C)COc1cccc(NC(=O)c2cncc(Br)c2)c1. The molecule has 0 radical (unpaired) electrons. The molecule has 2 rings (SSSR count). The van der Waals surface area contributed by atoms with Crippen molar-refractivity contribution in [2.75, 3.05) is 11.9 Å². The molecular formula is C16H17BrN2O2. The monoisotopic (exact) mass is 348 g/mol. The number of pyridine rings is 1. The maximum atomic E-state index is 12.1. The van der Waals surface area contributed by atoms with Gasteiger partial charge in [-0.15, -0.1) is 0 Å². The number of carbonyl (C=O) groups is 1. The molecule has 0 spiro atoms. The summed E-state index contributed by atoms with van der Waals surface area (Å²) in [6, 6.07) is 9.09. The standard InChI is InChI=1S/C16H17BrN2O2/c1-11(2)10-21-15-5-3-4-14(7-15)19-16(20)12-6-13(17)9-18-8-12/h3-9,11H,10H2,1-2H3,(H,19,20). The van der Waals surface area contributed by atoms with E-state index in [1.54, 1.807) is 12.3 Å². The summed E-state index contributed by atoms with van der Waals surface area (Å²) < 4.78 is 6.41. The molecule has 0 bridgehead atoms. The molecule has 0 aliphatic heterocycles. The van der Waals surface area contributed by atoms with Crippen LogP contribution in [-0.4, -0.2) is 17.5 Å². The van der Waals surface area contributed by atoms with Crippen LogP contribution in [0.25, 0.3) is 0 Å². The van der Waals surface area contributed by atoms with E-state index < -0.39 is 0 Å². The Kier molecular flexibility index (Phi) is 5.33. The first-order chi connectivity index (χ1) is 10.0. The molecule has 0 fully saturated rings. The second-order valence-electron chi connectivity index (χ2n) is 5.08. The van der Waals surface area contributed by atoms with Crippen LogP contribution in [0.4, 0.5) is 5.69 Å². The van der Waals surface area contributed by atoms with E-state index in [2.05, 4.69) is 40.1 Å². The number of aromatic nitrogens is 1. The first-order valence-electron chi connectivity index (χ1n) is 6.69. The maximum absolute atomic E-state index is 12.1. The number of hydrogen-bond acceptors (Lipinski definition) is 3. The third-order valence-corrected chi connectivity index (χ3v) is 3.08. The van der Waals surface area contributed by atoms with E-state index in [9.17, 15) is 4.79 Å². The molecule has 110 valence electrons. The van der Waals surface area contributed by atoms with Crippen molar-refractivity contribution in [1.29, 1.82) is 0 Å². The number of hydrogen-bond donors (Lipinski definition) is 1. The highest BCUT2D eigenvalue weighted by Gasteiger charge is 2.07. The fourth-order valence-electron chi connectivity index (χ4n) is 1.67. The number of nitrogens with one attached hydrogen (secondary N) is 1. The van der Waals surface area contributed by atoms with Gasteiger partial charge in [-0.3, -0.25) is 9.78 Å². The second-order valence-corrected chi connectivity index (χ2v) is 5.99.